The number of aryl methyl sites for hydroxylation is 2. The Morgan fingerprint density at radius 2 is 1.86 bits per heavy atom. The molecule has 0 spiro atoms. The Morgan fingerprint density at radius 1 is 1.10 bits per heavy atom. The first kappa shape index (κ1) is 13.7. The number of H-pyrrole nitrogens is 1. The Kier molecular flexibility index (Phi) is 3.43. The number of rotatable bonds is 2. The summed E-state index contributed by atoms with van der Waals surface area (Å²) in [4.78, 5) is 0. The van der Waals surface area contributed by atoms with Crippen LogP contribution in [0.5, 0.6) is 5.75 Å². The van der Waals surface area contributed by atoms with E-state index < -0.39 is 0 Å². The van der Waals surface area contributed by atoms with E-state index in [-0.39, 0.29) is 5.75 Å². The molecule has 1 heterocycles. The molecule has 3 nitrogen and oxygen atoms in total. The Bertz CT molecular complexity index is 785. The lowest BCUT2D eigenvalue weighted by Gasteiger charge is -2.07. The van der Waals surface area contributed by atoms with E-state index in [0.717, 1.165) is 33.6 Å². The number of hydrogen-bond donors (Lipinski definition) is 2. The molecule has 3 rings (SSSR count). The maximum absolute atomic E-state index is 10.2. The van der Waals surface area contributed by atoms with Crippen molar-refractivity contribution in [2.45, 2.75) is 13.8 Å². The van der Waals surface area contributed by atoms with E-state index in [1.54, 1.807) is 6.07 Å². The number of phenolic OH excluding ortho intramolecular Hbond substituents is 1. The Balaban J connectivity index is 2.10. The SMILES string of the molecule is Cc1cc(C)c(-c2cc(-c3ccccc3Cl)n[nH]2)c(O)c1. The molecule has 0 unspecified atom stereocenters. The van der Waals surface area contributed by atoms with Gasteiger partial charge in [-0.1, -0.05) is 35.9 Å². The molecular weight excluding hydrogens is 284 g/mol. The standard InChI is InChI=1S/C17H15ClN2O/c1-10-7-11(2)17(16(21)8-10)15-9-14(19-20-15)12-5-3-4-6-13(12)18/h3-9,21H,1-2H3,(H,19,20). The summed E-state index contributed by atoms with van der Waals surface area (Å²) < 4.78 is 0. The number of nitrogens with one attached hydrogen (secondary N) is 1. The predicted octanol–water partition coefficient (Wildman–Crippen LogP) is 4.72. The lowest BCUT2D eigenvalue weighted by atomic mass is 10.0. The molecule has 2 aromatic carbocycles. The summed E-state index contributed by atoms with van der Waals surface area (Å²) in [5, 5.41) is 18.1. The number of phenols is 1. The van der Waals surface area contributed by atoms with Crippen LogP contribution in [0.2, 0.25) is 5.02 Å². The second-order valence-electron chi connectivity index (χ2n) is 5.12. The molecule has 0 amide bonds. The second-order valence-corrected chi connectivity index (χ2v) is 5.53. The number of aromatic nitrogens is 2. The van der Waals surface area contributed by atoms with E-state index in [9.17, 15) is 5.11 Å². The highest BCUT2D eigenvalue weighted by Crippen LogP contribution is 2.35. The van der Waals surface area contributed by atoms with Gasteiger partial charge in [-0.25, -0.2) is 0 Å². The van der Waals surface area contributed by atoms with Crippen LogP contribution in [0.15, 0.2) is 42.5 Å². The fourth-order valence-electron chi connectivity index (χ4n) is 2.55. The van der Waals surface area contributed by atoms with Gasteiger partial charge in [0.1, 0.15) is 5.75 Å². The maximum atomic E-state index is 10.2. The van der Waals surface area contributed by atoms with Gasteiger partial charge in [0.25, 0.3) is 0 Å². The molecule has 0 radical (unpaired) electrons. The molecule has 0 aliphatic heterocycles. The van der Waals surface area contributed by atoms with Crippen molar-refractivity contribution >= 4 is 11.6 Å². The summed E-state index contributed by atoms with van der Waals surface area (Å²) in [5.41, 5.74) is 5.20. The van der Waals surface area contributed by atoms with Crippen molar-refractivity contribution in [2.75, 3.05) is 0 Å². The largest absolute Gasteiger partial charge is 0.507 e. The molecule has 0 bridgehead atoms. The van der Waals surface area contributed by atoms with Crippen molar-refractivity contribution in [2.24, 2.45) is 0 Å². The highest BCUT2D eigenvalue weighted by Gasteiger charge is 2.13. The Morgan fingerprint density at radius 3 is 2.57 bits per heavy atom. The van der Waals surface area contributed by atoms with Crippen LogP contribution >= 0.6 is 11.6 Å². The Labute approximate surface area is 128 Å². The minimum Gasteiger partial charge on any atom is -0.507 e. The van der Waals surface area contributed by atoms with Crippen molar-refractivity contribution in [3.8, 4) is 28.3 Å². The minimum atomic E-state index is 0.252. The summed E-state index contributed by atoms with van der Waals surface area (Å²) in [6.45, 7) is 3.93. The topological polar surface area (TPSA) is 48.9 Å². The molecule has 0 saturated heterocycles. The zero-order chi connectivity index (χ0) is 15.0. The first-order chi connectivity index (χ1) is 10.1. The summed E-state index contributed by atoms with van der Waals surface area (Å²) in [5.74, 6) is 0.252. The van der Waals surface area contributed by atoms with Gasteiger partial charge in [0.05, 0.1) is 16.4 Å². The number of halogens is 1. The van der Waals surface area contributed by atoms with Gasteiger partial charge in [-0.2, -0.15) is 5.10 Å². The highest BCUT2D eigenvalue weighted by atomic mass is 35.5. The molecule has 0 aliphatic rings. The van der Waals surface area contributed by atoms with Crippen molar-refractivity contribution in [1.29, 1.82) is 0 Å². The maximum Gasteiger partial charge on any atom is 0.125 e. The molecule has 2 N–H and O–H groups in total. The van der Waals surface area contributed by atoms with Crippen LogP contribution in [-0.4, -0.2) is 15.3 Å². The molecule has 0 aliphatic carbocycles. The van der Waals surface area contributed by atoms with E-state index in [4.69, 9.17) is 11.6 Å². The fourth-order valence-corrected chi connectivity index (χ4v) is 2.78. The third-order valence-corrected chi connectivity index (χ3v) is 3.79. The lowest BCUT2D eigenvalue weighted by Crippen LogP contribution is -1.86. The van der Waals surface area contributed by atoms with Crippen LogP contribution in [-0.2, 0) is 0 Å². The van der Waals surface area contributed by atoms with Crippen LogP contribution in [0.4, 0.5) is 0 Å². The molecule has 21 heavy (non-hydrogen) atoms. The first-order valence-corrected chi connectivity index (χ1v) is 7.05. The average Bonchev–Trinajstić information content (AvgIpc) is 2.87. The van der Waals surface area contributed by atoms with E-state index in [1.807, 2.05) is 50.2 Å². The summed E-state index contributed by atoms with van der Waals surface area (Å²) in [6, 6.07) is 13.2. The van der Waals surface area contributed by atoms with Gasteiger partial charge < -0.3 is 5.11 Å². The monoisotopic (exact) mass is 298 g/mol. The van der Waals surface area contributed by atoms with Crippen LogP contribution in [0.3, 0.4) is 0 Å². The van der Waals surface area contributed by atoms with Crippen LogP contribution in [0.25, 0.3) is 22.5 Å². The van der Waals surface area contributed by atoms with Crippen molar-refractivity contribution < 1.29 is 5.11 Å². The smallest absolute Gasteiger partial charge is 0.125 e. The number of hydrogen-bond acceptors (Lipinski definition) is 2. The van der Waals surface area contributed by atoms with Gasteiger partial charge in [-0.15, -0.1) is 0 Å². The summed E-state index contributed by atoms with van der Waals surface area (Å²) in [6.07, 6.45) is 0. The second kappa shape index (κ2) is 5.26. The molecule has 106 valence electrons. The predicted molar refractivity (Wildman–Crippen MR) is 85.6 cm³/mol. The van der Waals surface area contributed by atoms with E-state index >= 15 is 0 Å². The average molecular weight is 299 g/mol. The summed E-state index contributed by atoms with van der Waals surface area (Å²) >= 11 is 6.19. The number of aromatic hydroxyl groups is 1. The third-order valence-electron chi connectivity index (χ3n) is 3.46. The van der Waals surface area contributed by atoms with Crippen molar-refractivity contribution in [3.05, 3.63) is 58.6 Å². The number of aromatic amines is 1. The highest BCUT2D eigenvalue weighted by molar-refractivity contribution is 6.33. The first-order valence-electron chi connectivity index (χ1n) is 6.67. The number of nitrogens with zero attached hydrogens (tertiary/aromatic N) is 1. The quantitative estimate of drug-likeness (QED) is 0.719. The van der Waals surface area contributed by atoms with Gasteiger partial charge in [-0.05, 0) is 43.2 Å². The van der Waals surface area contributed by atoms with Gasteiger partial charge in [-0.3, -0.25) is 5.10 Å². The number of benzene rings is 2. The van der Waals surface area contributed by atoms with Gasteiger partial charge in [0.15, 0.2) is 0 Å². The van der Waals surface area contributed by atoms with Gasteiger partial charge in [0, 0.05) is 11.1 Å². The van der Waals surface area contributed by atoms with E-state index in [2.05, 4.69) is 10.2 Å². The van der Waals surface area contributed by atoms with Crippen LogP contribution in [0.1, 0.15) is 11.1 Å². The van der Waals surface area contributed by atoms with Gasteiger partial charge in [0.2, 0.25) is 0 Å². The zero-order valence-electron chi connectivity index (χ0n) is 11.8. The van der Waals surface area contributed by atoms with E-state index in [0.29, 0.717) is 5.02 Å². The fraction of sp³-hybridized carbons (Fsp3) is 0.118. The molecule has 4 heteroatoms. The molecular formula is C17H15ClN2O. The van der Waals surface area contributed by atoms with E-state index in [1.165, 1.54) is 0 Å². The molecule has 3 aromatic rings. The zero-order valence-corrected chi connectivity index (χ0v) is 12.6. The third kappa shape index (κ3) is 2.52. The van der Waals surface area contributed by atoms with Crippen LogP contribution in [0, 0.1) is 13.8 Å². The van der Waals surface area contributed by atoms with Crippen molar-refractivity contribution in [1.82, 2.24) is 10.2 Å². The molecule has 0 saturated carbocycles. The molecule has 0 fully saturated rings. The van der Waals surface area contributed by atoms with Crippen molar-refractivity contribution in [3.63, 3.8) is 0 Å². The normalized spacial score (nSPS) is 10.8. The summed E-state index contributed by atoms with van der Waals surface area (Å²) in [7, 11) is 0. The van der Waals surface area contributed by atoms with Gasteiger partial charge >= 0.3 is 0 Å². The molecule has 0 atom stereocenters. The van der Waals surface area contributed by atoms with Crippen LogP contribution < -0.4 is 0 Å². The minimum absolute atomic E-state index is 0.252. The Hall–Kier alpha value is -2.26. The molecule has 1 aromatic heterocycles. The lowest BCUT2D eigenvalue weighted by molar-refractivity contribution is 0.476.